The van der Waals surface area contributed by atoms with Gasteiger partial charge in [0.25, 0.3) is 0 Å². The summed E-state index contributed by atoms with van der Waals surface area (Å²) in [4.78, 5) is 2.80. The Morgan fingerprint density at radius 3 is 2.20 bits per heavy atom. The molecule has 0 amide bonds. The predicted octanol–water partition coefficient (Wildman–Crippen LogP) is 3.90. The summed E-state index contributed by atoms with van der Waals surface area (Å²) in [6.45, 7) is 14.2. The van der Waals surface area contributed by atoms with Crippen molar-refractivity contribution in [2.45, 2.75) is 78.8 Å². The van der Waals surface area contributed by atoms with Crippen LogP contribution in [0.15, 0.2) is 0 Å². The van der Waals surface area contributed by atoms with Crippen molar-refractivity contribution < 1.29 is 0 Å². The van der Waals surface area contributed by atoms with Gasteiger partial charge in [-0.25, -0.2) is 0 Å². The fourth-order valence-corrected chi connectivity index (χ4v) is 4.00. The van der Waals surface area contributed by atoms with Crippen LogP contribution in [0.2, 0.25) is 0 Å². The molecule has 2 saturated carbocycles. The summed E-state index contributed by atoms with van der Waals surface area (Å²) < 4.78 is 0. The first kappa shape index (κ1) is 16.3. The number of nitrogens with two attached hydrogens (primary N) is 1. The zero-order valence-corrected chi connectivity index (χ0v) is 14.4. The molecule has 0 aromatic heterocycles. The van der Waals surface area contributed by atoms with Crippen LogP contribution in [0, 0.1) is 23.2 Å². The summed E-state index contributed by atoms with van der Waals surface area (Å²) in [6.07, 6.45) is 6.96. The molecule has 0 heterocycles. The van der Waals surface area contributed by atoms with Crippen LogP contribution in [-0.2, 0) is 0 Å². The molecule has 0 aromatic rings. The van der Waals surface area contributed by atoms with Gasteiger partial charge in [0.1, 0.15) is 0 Å². The van der Waals surface area contributed by atoms with Crippen molar-refractivity contribution in [3.05, 3.63) is 0 Å². The highest BCUT2D eigenvalue weighted by Gasteiger charge is 2.40. The highest BCUT2D eigenvalue weighted by atomic mass is 15.2. The Labute approximate surface area is 126 Å². The third-order valence-electron chi connectivity index (χ3n) is 5.74. The third-order valence-corrected chi connectivity index (χ3v) is 5.74. The van der Waals surface area contributed by atoms with Crippen molar-refractivity contribution in [2.75, 3.05) is 13.1 Å². The van der Waals surface area contributed by atoms with Crippen LogP contribution in [0.25, 0.3) is 0 Å². The average molecular weight is 280 g/mol. The summed E-state index contributed by atoms with van der Waals surface area (Å²) in [5, 5.41) is 0. The molecular weight excluding hydrogens is 244 g/mol. The fraction of sp³-hybridized carbons (Fsp3) is 1.00. The SMILES string of the molecule is CC(C)N(CC1CC1)C1CC(C(C)(C)C)CCC1CN. The number of rotatable bonds is 5. The topological polar surface area (TPSA) is 29.3 Å². The second-order valence-electron chi connectivity index (χ2n) is 8.67. The Morgan fingerprint density at radius 1 is 1.10 bits per heavy atom. The molecule has 0 bridgehead atoms. The van der Waals surface area contributed by atoms with E-state index in [0.717, 1.165) is 30.3 Å². The second-order valence-corrected chi connectivity index (χ2v) is 8.67. The van der Waals surface area contributed by atoms with Gasteiger partial charge in [0.2, 0.25) is 0 Å². The largest absolute Gasteiger partial charge is 0.330 e. The lowest BCUT2D eigenvalue weighted by molar-refractivity contribution is 0.0253. The van der Waals surface area contributed by atoms with E-state index in [9.17, 15) is 0 Å². The van der Waals surface area contributed by atoms with Crippen LogP contribution < -0.4 is 5.73 Å². The van der Waals surface area contributed by atoms with Gasteiger partial charge in [0, 0.05) is 18.6 Å². The van der Waals surface area contributed by atoms with Crippen molar-refractivity contribution in [3.8, 4) is 0 Å². The van der Waals surface area contributed by atoms with Gasteiger partial charge in [-0.1, -0.05) is 20.8 Å². The van der Waals surface area contributed by atoms with Crippen LogP contribution >= 0.6 is 0 Å². The maximum Gasteiger partial charge on any atom is 0.0141 e. The molecule has 0 radical (unpaired) electrons. The molecule has 0 spiro atoms. The molecule has 3 unspecified atom stereocenters. The standard InChI is InChI=1S/C18H36N2/c1-13(2)20(12-14-6-7-14)17-10-16(18(3,4)5)9-8-15(17)11-19/h13-17H,6-12,19H2,1-5H3. The number of hydrogen-bond acceptors (Lipinski definition) is 2. The van der Waals surface area contributed by atoms with Crippen molar-refractivity contribution >= 4 is 0 Å². The van der Waals surface area contributed by atoms with Crippen LogP contribution in [0.1, 0.15) is 66.7 Å². The average Bonchev–Trinajstić information content (AvgIpc) is 3.17. The summed E-state index contributed by atoms with van der Waals surface area (Å²) >= 11 is 0. The van der Waals surface area contributed by atoms with E-state index in [2.05, 4.69) is 39.5 Å². The smallest absolute Gasteiger partial charge is 0.0141 e. The van der Waals surface area contributed by atoms with Crippen molar-refractivity contribution in [1.29, 1.82) is 0 Å². The van der Waals surface area contributed by atoms with E-state index in [1.807, 2.05) is 0 Å². The second kappa shape index (κ2) is 6.36. The minimum atomic E-state index is 0.444. The van der Waals surface area contributed by atoms with Crippen molar-refractivity contribution in [3.63, 3.8) is 0 Å². The highest BCUT2D eigenvalue weighted by molar-refractivity contribution is 4.93. The lowest BCUT2D eigenvalue weighted by atomic mass is 9.67. The zero-order chi connectivity index (χ0) is 14.9. The number of nitrogens with zero attached hydrogens (tertiary/aromatic N) is 1. The van der Waals surface area contributed by atoms with Gasteiger partial charge >= 0.3 is 0 Å². The Hall–Kier alpha value is -0.0800. The fourth-order valence-electron chi connectivity index (χ4n) is 4.00. The van der Waals surface area contributed by atoms with Gasteiger partial charge < -0.3 is 5.73 Å². The van der Waals surface area contributed by atoms with Gasteiger partial charge in [-0.05, 0) is 75.7 Å². The molecule has 118 valence electrons. The van der Waals surface area contributed by atoms with Crippen molar-refractivity contribution in [2.24, 2.45) is 28.9 Å². The third kappa shape index (κ3) is 3.98. The van der Waals surface area contributed by atoms with Crippen molar-refractivity contribution in [1.82, 2.24) is 4.90 Å². The maximum atomic E-state index is 6.11. The van der Waals surface area contributed by atoms with Gasteiger partial charge in [0.15, 0.2) is 0 Å². The van der Waals surface area contributed by atoms with E-state index in [1.165, 1.54) is 38.6 Å². The Bertz CT molecular complexity index is 301. The molecule has 2 rings (SSSR count). The summed E-state index contributed by atoms with van der Waals surface area (Å²) in [5.74, 6) is 2.55. The van der Waals surface area contributed by atoms with E-state index in [4.69, 9.17) is 5.73 Å². The Balaban J connectivity index is 2.09. The molecule has 2 heteroatoms. The normalized spacial score (nSPS) is 32.1. The van der Waals surface area contributed by atoms with Crippen LogP contribution in [0.3, 0.4) is 0 Å². The quantitative estimate of drug-likeness (QED) is 0.827. The highest BCUT2D eigenvalue weighted by Crippen LogP contribution is 2.43. The van der Waals surface area contributed by atoms with E-state index < -0.39 is 0 Å². The van der Waals surface area contributed by atoms with E-state index in [-0.39, 0.29) is 0 Å². The van der Waals surface area contributed by atoms with E-state index in [0.29, 0.717) is 11.5 Å². The maximum absolute atomic E-state index is 6.11. The summed E-state index contributed by atoms with van der Waals surface area (Å²) in [5.41, 5.74) is 6.55. The molecule has 0 aliphatic heterocycles. The molecule has 2 aliphatic carbocycles. The lowest BCUT2D eigenvalue weighted by Gasteiger charge is -2.47. The molecular formula is C18H36N2. The summed E-state index contributed by atoms with van der Waals surface area (Å²) in [6, 6.07) is 1.38. The first-order valence-electron chi connectivity index (χ1n) is 8.78. The first-order valence-corrected chi connectivity index (χ1v) is 8.78. The number of hydrogen-bond donors (Lipinski definition) is 1. The first-order chi connectivity index (χ1) is 9.32. The minimum Gasteiger partial charge on any atom is -0.330 e. The molecule has 20 heavy (non-hydrogen) atoms. The molecule has 2 nitrogen and oxygen atoms in total. The van der Waals surface area contributed by atoms with Crippen LogP contribution in [-0.4, -0.2) is 30.1 Å². The van der Waals surface area contributed by atoms with Gasteiger partial charge in [-0.2, -0.15) is 0 Å². The zero-order valence-electron chi connectivity index (χ0n) is 14.4. The van der Waals surface area contributed by atoms with E-state index in [1.54, 1.807) is 0 Å². The van der Waals surface area contributed by atoms with Gasteiger partial charge in [-0.3, -0.25) is 4.90 Å². The van der Waals surface area contributed by atoms with Crippen LogP contribution in [0.4, 0.5) is 0 Å². The molecule has 0 aromatic carbocycles. The minimum absolute atomic E-state index is 0.444. The monoisotopic (exact) mass is 280 g/mol. The molecule has 2 fully saturated rings. The van der Waals surface area contributed by atoms with Gasteiger partial charge in [0.05, 0.1) is 0 Å². The molecule has 3 atom stereocenters. The van der Waals surface area contributed by atoms with Gasteiger partial charge in [-0.15, -0.1) is 0 Å². The lowest BCUT2D eigenvalue weighted by Crippen LogP contribution is -2.51. The molecule has 0 saturated heterocycles. The van der Waals surface area contributed by atoms with E-state index >= 15 is 0 Å². The molecule has 2 aliphatic rings. The Morgan fingerprint density at radius 2 is 1.75 bits per heavy atom. The van der Waals surface area contributed by atoms with Crippen LogP contribution in [0.5, 0.6) is 0 Å². The predicted molar refractivity (Wildman–Crippen MR) is 87.7 cm³/mol. The molecule has 2 N–H and O–H groups in total. The Kier molecular flexibility index (Phi) is 5.18. The summed E-state index contributed by atoms with van der Waals surface area (Å²) in [7, 11) is 0.